The summed E-state index contributed by atoms with van der Waals surface area (Å²) in [7, 11) is 0. The van der Waals surface area contributed by atoms with E-state index in [2.05, 4.69) is 32.5 Å². The lowest BCUT2D eigenvalue weighted by Crippen LogP contribution is -2.45. The molecule has 0 unspecified atom stereocenters. The summed E-state index contributed by atoms with van der Waals surface area (Å²) in [6, 6.07) is 15.4. The van der Waals surface area contributed by atoms with Gasteiger partial charge in [-0.2, -0.15) is 5.10 Å². The number of halogens is 2. The summed E-state index contributed by atoms with van der Waals surface area (Å²) in [5, 5.41) is 11.6. The largest absolute Gasteiger partial charge is 0.352 e. The molecule has 31 heavy (non-hydrogen) atoms. The summed E-state index contributed by atoms with van der Waals surface area (Å²) in [6.45, 7) is 2.90. The monoisotopic (exact) mass is 475 g/mol. The van der Waals surface area contributed by atoms with Crippen LogP contribution in [0.4, 0.5) is 0 Å². The highest BCUT2D eigenvalue weighted by molar-refractivity contribution is 7.71. The molecule has 3 aromatic rings. The van der Waals surface area contributed by atoms with Crippen LogP contribution in [0.3, 0.4) is 0 Å². The first kappa shape index (κ1) is 22.0. The van der Waals surface area contributed by atoms with Crippen molar-refractivity contribution in [3.63, 3.8) is 0 Å². The molecule has 1 amide bonds. The number of carbonyl (C=O) groups excluding carboxylic acids is 1. The molecule has 1 fully saturated rings. The number of nitrogens with zero attached hydrogens (tertiary/aromatic N) is 3. The average Bonchev–Trinajstić information content (AvgIpc) is 3.12. The van der Waals surface area contributed by atoms with Gasteiger partial charge < -0.3 is 5.32 Å². The minimum Gasteiger partial charge on any atom is -0.352 e. The molecular formula is C22H23Cl2N5OS. The van der Waals surface area contributed by atoms with Gasteiger partial charge in [-0.15, -0.1) is 0 Å². The number of benzene rings is 2. The molecular weight excluding hydrogens is 453 g/mol. The summed E-state index contributed by atoms with van der Waals surface area (Å²) in [5.74, 6) is 0.554. The molecule has 1 aliphatic rings. The van der Waals surface area contributed by atoms with Crippen LogP contribution in [0, 0.1) is 4.77 Å². The normalized spacial score (nSPS) is 15.2. The molecule has 0 atom stereocenters. The molecule has 4 rings (SSSR count). The zero-order chi connectivity index (χ0) is 21.8. The minimum atomic E-state index is -0.0659. The molecule has 0 aliphatic carbocycles. The molecule has 0 spiro atoms. The predicted octanol–water partition coefficient (Wildman–Crippen LogP) is 4.70. The van der Waals surface area contributed by atoms with Crippen LogP contribution in [0.15, 0.2) is 48.5 Å². The van der Waals surface area contributed by atoms with Crippen molar-refractivity contribution in [1.29, 1.82) is 0 Å². The van der Waals surface area contributed by atoms with Crippen LogP contribution < -0.4 is 5.32 Å². The molecule has 1 aliphatic heterocycles. The molecule has 162 valence electrons. The number of piperidine rings is 1. The highest BCUT2D eigenvalue weighted by Gasteiger charge is 2.21. The van der Waals surface area contributed by atoms with Gasteiger partial charge in [0.05, 0.1) is 0 Å². The summed E-state index contributed by atoms with van der Waals surface area (Å²) >= 11 is 17.3. The van der Waals surface area contributed by atoms with E-state index < -0.39 is 0 Å². The second kappa shape index (κ2) is 9.96. The van der Waals surface area contributed by atoms with Crippen molar-refractivity contribution in [1.82, 2.24) is 25.0 Å². The Bertz CT molecular complexity index is 1090. The predicted molar refractivity (Wildman–Crippen MR) is 126 cm³/mol. The van der Waals surface area contributed by atoms with Crippen molar-refractivity contribution in [3.8, 4) is 11.4 Å². The highest BCUT2D eigenvalue weighted by Crippen LogP contribution is 2.20. The third kappa shape index (κ3) is 5.74. The number of rotatable bonds is 6. The van der Waals surface area contributed by atoms with Gasteiger partial charge in [-0.25, -0.2) is 0 Å². The Labute approximate surface area is 196 Å². The van der Waals surface area contributed by atoms with Gasteiger partial charge in [0, 0.05) is 41.3 Å². The number of amides is 1. The number of likely N-dealkylation sites (tertiary alicyclic amines) is 1. The van der Waals surface area contributed by atoms with Crippen molar-refractivity contribution in [2.45, 2.75) is 32.0 Å². The Morgan fingerprint density at radius 2 is 1.68 bits per heavy atom. The summed E-state index contributed by atoms with van der Waals surface area (Å²) in [4.78, 5) is 15.1. The number of hydrogen-bond acceptors (Lipinski definition) is 4. The number of H-pyrrole nitrogens is 1. The van der Waals surface area contributed by atoms with Gasteiger partial charge in [0.15, 0.2) is 10.6 Å². The number of nitrogens with one attached hydrogen (secondary N) is 2. The molecule has 1 aromatic heterocycles. The standard InChI is InChI=1S/C22H23Cl2N5OS/c23-17-5-1-15(2-6-17)13-28-11-9-19(10-12-28)25-20(30)14-29-21(26-27-22(29)31)16-3-7-18(24)8-4-16/h1-8,19H,9-14H2,(H,25,30)(H,27,31). The second-order valence-electron chi connectivity index (χ2n) is 7.69. The van der Waals surface area contributed by atoms with E-state index in [9.17, 15) is 4.79 Å². The third-order valence-electron chi connectivity index (χ3n) is 5.43. The summed E-state index contributed by atoms with van der Waals surface area (Å²) in [5.41, 5.74) is 2.09. The van der Waals surface area contributed by atoms with Gasteiger partial charge in [0.1, 0.15) is 6.54 Å². The van der Waals surface area contributed by atoms with E-state index in [1.165, 1.54) is 5.56 Å². The lowest BCUT2D eigenvalue weighted by molar-refractivity contribution is -0.122. The summed E-state index contributed by atoms with van der Waals surface area (Å²) in [6.07, 6.45) is 1.83. The van der Waals surface area contributed by atoms with Gasteiger partial charge in [-0.1, -0.05) is 35.3 Å². The second-order valence-corrected chi connectivity index (χ2v) is 8.95. The van der Waals surface area contributed by atoms with Crippen molar-refractivity contribution in [2.24, 2.45) is 0 Å². The molecule has 0 radical (unpaired) electrons. The lowest BCUT2D eigenvalue weighted by atomic mass is 10.0. The van der Waals surface area contributed by atoms with E-state index in [1.807, 2.05) is 24.3 Å². The molecule has 1 saturated heterocycles. The Hall–Kier alpha value is -2.19. The van der Waals surface area contributed by atoms with Gasteiger partial charge in [-0.3, -0.25) is 19.4 Å². The lowest BCUT2D eigenvalue weighted by Gasteiger charge is -2.32. The minimum absolute atomic E-state index is 0.0659. The Morgan fingerprint density at radius 1 is 1.06 bits per heavy atom. The van der Waals surface area contributed by atoms with Crippen LogP contribution in [0.2, 0.25) is 10.0 Å². The molecule has 9 heteroatoms. The number of carbonyl (C=O) groups is 1. The zero-order valence-corrected chi connectivity index (χ0v) is 19.2. The van der Waals surface area contributed by atoms with Gasteiger partial charge >= 0.3 is 0 Å². The first-order valence-electron chi connectivity index (χ1n) is 10.2. The number of hydrogen-bond donors (Lipinski definition) is 2. The molecule has 0 bridgehead atoms. The smallest absolute Gasteiger partial charge is 0.240 e. The maximum atomic E-state index is 12.7. The first-order chi connectivity index (χ1) is 15.0. The van der Waals surface area contributed by atoms with Crippen LogP contribution in [0.25, 0.3) is 11.4 Å². The van der Waals surface area contributed by atoms with Crippen LogP contribution in [0.5, 0.6) is 0 Å². The van der Waals surface area contributed by atoms with Crippen molar-refractivity contribution >= 4 is 41.3 Å². The number of aromatic nitrogens is 3. The van der Waals surface area contributed by atoms with Crippen LogP contribution in [-0.4, -0.2) is 44.7 Å². The van der Waals surface area contributed by atoms with E-state index in [0.717, 1.165) is 43.1 Å². The molecule has 6 nitrogen and oxygen atoms in total. The first-order valence-corrected chi connectivity index (χ1v) is 11.3. The molecule has 2 N–H and O–H groups in total. The SMILES string of the molecule is O=C(Cn1c(-c2ccc(Cl)cc2)n[nH]c1=S)NC1CCN(Cc2ccc(Cl)cc2)CC1. The van der Waals surface area contributed by atoms with Crippen LogP contribution in [-0.2, 0) is 17.9 Å². The zero-order valence-electron chi connectivity index (χ0n) is 16.9. The molecule has 0 saturated carbocycles. The van der Waals surface area contributed by atoms with E-state index in [4.69, 9.17) is 35.4 Å². The van der Waals surface area contributed by atoms with E-state index in [-0.39, 0.29) is 18.5 Å². The fourth-order valence-electron chi connectivity index (χ4n) is 3.78. The topological polar surface area (TPSA) is 66.0 Å². The van der Waals surface area contributed by atoms with Gasteiger partial charge in [0.2, 0.25) is 5.91 Å². The quantitative estimate of drug-likeness (QED) is 0.507. The Balaban J connectivity index is 1.31. The van der Waals surface area contributed by atoms with Crippen LogP contribution >= 0.6 is 35.4 Å². The van der Waals surface area contributed by atoms with Gasteiger partial charge in [0.25, 0.3) is 0 Å². The fraction of sp³-hybridized carbons (Fsp3) is 0.318. The van der Waals surface area contributed by atoms with E-state index >= 15 is 0 Å². The highest BCUT2D eigenvalue weighted by atomic mass is 35.5. The fourth-order valence-corrected chi connectivity index (χ4v) is 4.23. The van der Waals surface area contributed by atoms with Crippen LogP contribution in [0.1, 0.15) is 18.4 Å². The van der Waals surface area contributed by atoms with Crippen molar-refractivity contribution in [2.75, 3.05) is 13.1 Å². The van der Waals surface area contributed by atoms with Crippen molar-refractivity contribution < 1.29 is 4.79 Å². The molecule has 2 heterocycles. The third-order valence-corrected chi connectivity index (χ3v) is 6.25. The van der Waals surface area contributed by atoms with Crippen molar-refractivity contribution in [3.05, 3.63) is 68.9 Å². The summed E-state index contributed by atoms with van der Waals surface area (Å²) < 4.78 is 2.13. The number of aromatic amines is 1. The Kier molecular flexibility index (Phi) is 7.07. The Morgan fingerprint density at radius 3 is 2.32 bits per heavy atom. The van der Waals surface area contributed by atoms with E-state index in [1.54, 1.807) is 16.7 Å². The maximum Gasteiger partial charge on any atom is 0.240 e. The average molecular weight is 476 g/mol. The van der Waals surface area contributed by atoms with E-state index in [0.29, 0.717) is 15.6 Å². The molecule has 2 aromatic carbocycles. The van der Waals surface area contributed by atoms with Gasteiger partial charge in [-0.05, 0) is 67.0 Å². The maximum absolute atomic E-state index is 12.7.